The van der Waals surface area contributed by atoms with Crippen LogP contribution in [0, 0.1) is 24.7 Å². The van der Waals surface area contributed by atoms with Gasteiger partial charge in [-0.1, -0.05) is 36.8 Å². The van der Waals surface area contributed by atoms with Crippen LogP contribution in [0.15, 0.2) is 35.2 Å². The second-order valence-corrected chi connectivity index (χ2v) is 14.5. The summed E-state index contributed by atoms with van der Waals surface area (Å²) in [5, 5.41) is 2.30. The third kappa shape index (κ3) is 3.58. The highest BCUT2D eigenvalue weighted by atomic mass is 32.3. The predicted molar refractivity (Wildman–Crippen MR) is 127 cm³/mol. The van der Waals surface area contributed by atoms with Gasteiger partial charge in [0.15, 0.2) is 0 Å². The van der Waals surface area contributed by atoms with Gasteiger partial charge in [-0.2, -0.15) is 17.6 Å². The molecule has 3 fully saturated rings. The Labute approximate surface area is 190 Å². The molecule has 1 saturated heterocycles. The zero-order valence-electron chi connectivity index (χ0n) is 19.1. The van der Waals surface area contributed by atoms with Crippen LogP contribution in [0.25, 0.3) is 10.8 Å². The molecule has 176 valence electrons. The molecule has 0 N–H and O–H groups in total. The highest BCUT2D eigenvalue weighted by Gasteiger charge is 2.64. The fourth-order valence-electron chi connectivity index (χ4n) is 6.94. The summed E-state index contributed by atoms with van der Waals surface area (Å²) in [6.45, 7) is 2.00. The molecule has 3 unspecified atom stereocenters. The summed E-state index contributed by atoms with van der Waals surface area (Å²) in [6, 6.07) is 10.2. The second kappa shape index (κ2) is 7.92. The smallest absolute Gasteiger partial charge is 0.217 e. The summed E-state index contributed by atoms with van der Waals surface area (Å²) in [5.74, 6) is -6.82. The van der Waals surface area contributed by atoms with E-state index in [9.17, 15) is 0 Å². The molecule has 0 radical (unpaired) electrons. The van der Waals surface area contributed by atoms with E-state index in [0.717, 1.165) is 52.7 Å². The van der Waals surface area contributed by atoms with E-state index in [1.807, 2.05) is 25.1 Å². The number of hydrogen-bond donors (Lipinski definition) is 0. The second-order valence-electron chi connectivity index (χ2n) is 10.7. The molecule has 2 aromatic carbocycles. The van der Waals surface area contributed by atoms with Gasteiger partial charge < -0.3 is 0 Å². The summed E-state index contributed by atoms with van der Waals surface area (Å²) in [7, 11) is -1.11. The van der Waals surface area contributed by atoms with Gasteiger partial charge in [0.25, 0.3) is 0 Å². The highest BCUT2D eigenvalue weighted by Crippen LogP contribution is 2.62. The number of hydrogen-bond acceptors (Lipinski definition) is 0. The van der Waals surface area contributed by atoms with E-state index in [1.165, 1.54) is 4.90 Å². The first kappa shape index (κ1) is 22.6. The molecule has 5 rings (SSSR count). The largest absolute Gasteiger partial charge is 0.313 e. The summed E-state index contributed by atoms with van der Waals surface area (Å²) in [6.07, 6.45) is 6.49. The van der Waals surface area contributed by atoms with Crippen LogP contribution in [0.5, 0.6) is 0 Å². The van der Waals surface area contributed by atoms with Crippen molar-refractivity contribution in [2.75, 3.05) is 17.8 Å². The molecule has 2 aliphatic carbocycles. The van der Waals surface area contributed by atoms with E-state index in [1.54, 1.807) is 0 Å². The molecule has 5 heteroatoms. The molecule has 1 heterocycles. The quantitative estimate of drug-likeness (QED) is 0.375. The molecular weight excluding hydrogens is 432 g/mol. The minimum atomic E-state index is -3.97. The maximum Gasteiger partial charge on any atom is 0.313 e. The number of halogens is 4. The fourth-order valence-corrected chi connectivity index (χ4v) is 10.7. The summed E-state index contributed by atoms with van der Waals surface area (Å²) < 4.78 is 60.5. The minimum Gasteiger partial charge on any atom is -0.217 e. The molecular formula is C27H34F4S. The summed E-state index contributed by atoms with van der Waals surface area (Å²) in [5.41, 5.74) is 1.92. The fraction of sp³-hybridized carbons (Fsp3) is 0.630. The molecule has 2 saturated carbocycles. The van der Waals surface area contributed by atoms with Crippen LogP contribution in [0.4, 0.5) is 17.6 Å². The van der Waals surface area contributed by atoms with Crippen molar-refractivity contribution in [2.24, 2.45) is 17.8 Å². The van der Waals surface area contributed by atoms with Gasteiger partial charge in [0, 0.05) is 17.2 Å². The molecule has 2 bridgehead atoms. The van der Waals surface area contributed by atoms with E-state index < -0.39 is 34.2 Å². The van der Waals surface area contributed by atoms with Crippen molar-refractivity contribution < 1.29 is 17.6 Å². The van der Waals surface area contributed by atoms with Crippen molar-refractivity contribution >= 4 is 20.8 Å². The van der Waals surface area contributed by atoms with Crippen LogP contribution in [0.1, 0.15) is 56.1 Å². The lowest BCUT2D eigenvalue weighted by Crippen LogP contribution is -2.48. The molecule has 0 amide bonds. The third-order valence-electron chi connectivity index (χ3n) is 8.61. The van der Waals surface area contributed by atoms with Crippen molar-refractivity contribution in [3.8, 4) is 0 Å². The third-order valence-corrected chi connectivity index (χ3v) is 12.5. The molecule has 0 aromatic heterocycles. The number of alkyl halides is 4. The number of rotatable bonds is 6. The van der Waals surface area contributed by atoms with Gasteiger partial charge in [0.1, 0.15) is 0 Å². The Hall–Kier alpha value is -1.23. The zero-order chi connectivity index (χ0) is 22.7. The molecule has 3 aliphatic rings. The van der Waals surface area contributed by atoms with Crippen molar-refractivity contribution in [3.05, 3.63) is 41.5 Å². The van der Waals surface area contributed by atoms with Crippen LogP contribution in [-0.2, 0) is 6.42 Å². The highest BCUT2D eigenvalue weighted by molar-refractivity contribution is 8.33. The first-order chi connectivity index (χ1) is 15.1. The van der Waals surface area contributed by atoms with Gasteiger partial charge in [-0.3, -0.25) is 0 Å². The lowest BCUT2D eigenvalue weighted by molar-refractivity contribution is -0.246. The van der Waals surface area contributed by atoms with Crippen molar-refractivity contribution in [2.45, 2.75) is 75.0 Å². The van der Waals surface area contributed by atoms with E-state index in [-0.39, 0.29) is 24.7 Å². The van der Waals surface area contributed by atoms with Crippen LogP contribution in [0.2, 0.25) is 0 Å². The van der Waals surface area contributed by atoms with Gasteiger partial charge in [-0.25, -0.2) is 10.0 Å². The maximum absolute atomic E-state index is 15.1. The Morgan fingerprint density at radius 3 is 2.28 bits per heavy atom. The Balaban J connectivity index is 1.47. The number of aryl methyl sites for hydroxylation is 2. The topological polar surface area (TPSA) is 0 Å². The molecule has 3 atom stereocenters. The van der Waals surface area contributed by atoms with Crippen LogP contribution < -0.4 is 0 Å². The summed E-state index contributed by atoms with van der Waals surface area (Å²) in [4.78, 5) is 1.20. The van der Waals surface area contributed by atoms with E-state index in [0.29, 0.717) is 12.8 Å². The SMILES string of the molecule is Cc1cc(CCC(F)(F)C(F)(F)C2CC3CCC2C3)c(S2(C)CCCC2)c2ccccc12. The van der Waals surface area contributed by atoms with Gasteiger partial charge in [0.05, 0.1) is 0 Å². The molecule has 0 spiro atoms. The maximum atomic E-state index is 15.1. The molecule has 32 heavy (non-hydrogen) atoms. The van der Waals surface area contributed by atoms with Gasteiger partial charge in [0.2, 0.25) is 0 Å². The first-order valence-electron chi connectivity index (χ1n) is 12.1. The van der Waals surface area contributed by atoms with Crippen LogP contribution in [0.3, 0.4) is 0 Å². The van der Waals surface area contributed by atoms with Gasteiger partial charge in [-0.15, -0.1) is 0 Å². The Morgan fingerprint density at radius 2 is 1.66 bits per heavy atom. The van der Waals surface area contributed by atoms with Gasteiger partial charge >= 0.3 is 11.8 Å². The lowest BCUT2D eigenvalue weighted by Gasteiger charge is -2.37. The Morgan fingerprint density at radius 1 is 0.969 bits per heavy atom. The number of fused-ring (bicyclic) bond motifs is 3. The van der Waals surface area contributed by atoms with E-state index in [2.05, 4.69) is 18.4 Å². The average Bonchev–Trinajstić information content (AvgIpc) is 3.50. The first-order valence-corrected chi connectivity index (χ1v) is 14.5. The van der Waals surface area contributed by atoms with Gasteiger partial charge in [-0.05, 0) is 96.9 Å². The summed E-state index contributed by atoms with van der Waals surface area (Å²) >= 11 is 0. The minimum absolute atomic E-state index is 0.0208. The van der Waals surface area contributed by atoms with E-state index >= 15 is 17.6 Å². The standard InChI is InChI=1S/C27H34F4S/c1-18-15-21(25(32(2)13-5-6-14-32)23-8-4-3-7-22(18)23)11-12-26(28,29)27(30,31)24-17-19-9-10-20(24)16-19/h3-4,7-8,15,19-20,24H,5-6,9-14,16-17H2,1-2H3. The normalized spacial score (nSPS) is 28.5. The van der Waals surface area contributed by atoms with E-state index in [4.69, 9.17) is 0 Å². The van der Waals surface area contributed by atoms with Crippen LogP contribution >= 0.6 is 10.0 Å². The average molecular weight is 467 g/mol. The molecule has 1 aliphatic heterocycles. The molecule has 0 nitrogen and oxygen atoms in total. The van der Waals surface area contributed by atoms with Crippen molar-refractivity contribution in [1.82, 2.24) is 0 Å². The molecule has 2 aromatic rings. The lowest BCUT2D eigenvalue weighted by atomic mass is 9.80. The van der Waals surface area contributed by atoms with Crippen molar-refractivity contribution in [1.29, 1.82) is 0 Å². The van der Waals surface area contributed by atoms with Crippen LogP contribution in [-0.4, -0.2) is 29.6 Å². The monoisotopic (exact) mass is 466 g/mol. The Kier molecular flexibility index (Phi) is 5.58. The predicted octanol–water partition coefficient (Wildman–Crippen LogP) is 8.37. The number of benzene rings is 2. The Bertz CT molecular complexity index is 1010. The zero-order valence-corrected chi connectivity index (χ0v) is 19.9. The van der Waals surface area contributed by atoms with Crippen molar-refractivity contribution in [3.63, 3.8) is 0 Å².